The Morgan fingerprint density at radius 3 is 2.62 bits per heavy atom. The Morgan fingerprint density at radius 2 is 2.12 bits per heavy atom. The molecule has 0 aliphatic rings. The summed E-state index contributed by atoms with van der Waals surface area (Å²) in [6.07, 6.45) is 1.68. The van der Waals surface area contributed by atoms with Gasteiger partial charge in [-0.2, -0.15) is 0 Å². The number of carbonyl (C=O) groups excluding carboxylic acids is 1. The van der Waals surface area contributed by atoms with Gasteiger partial charge in [0.1, 0.15) is 5.82 Å². The van der Waals surface area contributed by atoms with Crippen LogP contribution in [-0.4, -0.2) is 19.0 Å². The summed E-state index contributed by atoms with van der Waals surface area (Å²) in [6.45, 7) is 8.81. The predicted octanol–water partition coefficient (Wildman–Crippen LogP) is 2.99. The number of aromatic nitrogens is 1. The van der Waals surface area contributed by atoms with Crippen molar-refractivity contribution >= 4 is 19.8 Å². The van der Waals surface area contributed by atoms with E-state index in [0.717, 1.165) is 6.04 Å². The number of anilines is 1. The second kappa shape index (κ2) is 5.25. The average molecular weight is 236 g/mol. The lowest BCUT2D eigenvalue weighted by Crippen LogP contribution is -2.29. The van der Waals surface area contributed by atoms with Crippen LogP contribution in [0.4, 0.5) is 5.82 Å². The van der Waals surface area contributed by atoms with Gasteiger partial charge in [-0.3, -0.25) is 4.79 Å². The van der Waals surface area contributed by atoms with Crippen LogP contribution in [0.1, 0.15) is 6.92 Å². The van der Waals surface area contributed by atoms with Crippen molar-refractivity contribution < 1.29 is 4.79 Å². The van der Waals surface area contributed by atoms with Crippen molar-refractivity contribution in [2.75, 3.05) is 5.32 Å². The molecule has 4 heteroatoms. The average Bonchev–Trinajstić information content (AvgIpc) is 2.16. The summed E-state index contributed by atoms with van der Waals surface area (Å²) in [5, 5.41) is 2.84. The van der Waals surface area contributed by atoms with Crippen LogP contribution in [-0.2, 0) is 4.79 Å². The summed E-state index contributed by atoms with van der Waals surface area (Å²) in [4.78, 5) is 15.9. The summed E-state index contributed by atoms with van der Waals surface area (Å²) in [7, 11) is -1.18. The SMILES string of the molecule is CC(C[Si](C)(C)C)C(=O)Nc1ccccn1. The van der Waals surface area contributed by atoms with Crippen LogP contribution in [0.2, 0.25) is 25.7 Å². The maximum atomic E-state index is 11.9. The number of hydrogen-bond donors (Lipinski definition) is 1. The van der Waals surface area contributed by atoms with E-state index in [0.29, 0.717) is 5.82 Å². The monoisotopic (exact) mass is 236 g/mol. The number of nitrogens with zero attached hydrogens (tertiary/aromatic N) is 1. The minimum absolute atomic E-state index is 0.0636. The molecule has 88 valence electrons. The molecular formula is C12H20N2OSi. The van der Waals surface area contributed by atoms with Gasteiger partial charge >= 0.3 is 0 Å². The van der Waals surface area contributed by atoms with Gasteiger partial charge in [0.25, 0.3) is 0 Å². The third-order valence-electron chi connectivity index (χ3n) is 2.28. The highest BCUT2D eigenvalue weighted by Gasteiger charge is 2.22. The van der Waals surface area contributed by atoms with Crippen LogP contribution in [0.25, 0.3) is 0 Å². The van der Waals surface area contributed by atoms with Gasteiger partial charge in [-0.25, -0.2) is 4.98 Å². The van der Waals surface area contributed by atoms with E-state index in [4.69, 9.17) is 0 Å². The van der Waals surface area contributed by atoms with Gasteiger partial charge in [0, 0.05) is 20.2 Å². The van der Waals surface area contributed by atoms with Gasteiger partial charge in [0.2, 0.25) is 5.91 Å². The standard InChI is InChI=1S/C12H20N2OSi/c1-10(9-16(2,3)4)12(15)14-11-7-5-6-8-13-11/h5-8,10H,9H2,1-4H3,(H,13,14,15). The molecule has 0 fully saturated rings. The zero-order valence-electron chi connectivity index (χ0n) is 10.4. The van der Waals surface area contributed by atoms with Gasteiger partial charge in [-0.05, 0) is 18.2 Å². The second-order valence-electron chi connectivity index (χ2n) is 5.37. The summed E-state index contributed by atoms with van der Waals surface area (Å²) >= 11 is 0. The molecule has 0 saturated carbocycles. The molecule has 16 heavy (non-hydrogen) atoms. The van der Waals surface area contributed by atoms with Gasteiger partial charge in [-0.15, -0.1) is 0 Å². The van der Waals surface area contributed by atoms with E-state index in [1.807, 2.05) is 19.1 Å². The lowest BCUT2D eigenvalue weighted by Gasteiger charge is -2.20. The second-order valence-corrected chi connectivity index (χ2v) is 10.9. The largest absolute Gasteiger partial charge is 0.310 e. The van der Waals surface area contributed by atoms with Gasteiger partial charge in [-0.1, -0.05) is 32.6 Å². The molecule has 0 saturated heterocycles. The van der Waals surface area contributed by atoms with Crippen molar-refractivity contribution in [3.63, 3.8) is 0 Å². The summed E-state index contributed by atoms with van der Waals surface area (Å²) in [5.41, 5.74) is 0. The van der Waals surface area contributed by atoms with Crippen LogP contribution in [0, 0.1) is 5.92 Å². The maximum Gasteiger partial charge on any atom is 0.228 e. The molecule has 1 rings (SSSR count). The Hall–Kier alpha value is -1.16. The van der Waals surface area contributed by atoms with Crippen LogP contribution in [0.3, 0.4) is 0 Å². The van der Waals surface area contributed by atoms with Crippen molar-refractivity contribution in [3.05, 3.63) is 24.4 Å². The van der Waals surface area contributed by atoms with E-state index in [-0.39, 0.29) is 11.8 Å². The number of pyridine rings is 1. The zero-order chi connectivity index (χ0) is 12.2. The predicted molar refractivity (Wildman–Crippen MR) is 70.2 cm³/mol. The Labute approximate surface area is 98.3 Å². The molecule has 1 heterocycles. The molecule has 1 aromatic heterocycles. The van der Waals surface area contributed by atoms with Gasteiger partial charge in [0.15, 0.2) is 0 Å². The first-order valence-electron chi connectivity index (χ1n) is 5.60. The minimum atomic E-state index is -1.18. The summed E-state index contributed by atoms with van der Waals surface area (Å²) in [5.74, 6) is 0.768. The number of nitrogens with one attached hydrogen (secondary N) is 1. The topological polar surface area (TPSA) is 42.0 Å². The summed E-state index contributed by atoms with van der Waals surface area (Å²) < 4.78 is 0. The van der Waals surface area contributed by atoms with Crippen LogP contribution in [0.15, 0.2) is 24.4 Å². The van der Waals surface area contributed by atoms with Crippen molar-refractivity contribution in [3.8, 4) is 0 Å². The number of carbonyl (C=O) groups is 1. The van der Waals surface area contributed by atoms with E-state index in [9.17, 15) is 4.79 Å². The number of rotatable bonds is 4. The molecular weight excluding hydrogens is 216 g/mol. The molecule has 0 aliphatic carbocycles. The quantitative estimate of drug-likeness (QED) is 0.817. The molecule has 0 radical (unpaired) electrons. The molecule has 0 aliphatic heterocycles. The molecule has 3 nitrogen and oxygen atoms in total. The lowest BCUT2D eigenvalue weighted by atomic mass is 10.2. The first-order chi connectivity index (χ1) is 7.38. The Balaban J connectivity index is 2.53. The first-order valence-corrected chi connectivity index (χ1v) is 9.31. The molecule has 1 amide bonds. The molecule has 1 N–H and O–H groups in total. The first kappa shape index (κ1) is 12.9. The van der Waals surface area contributed by atoms with E-state index < -0.39 is 8.07 Å². The van der Waals surface area contributed by atoms with Crippen molar-refractivity contribution in [2.24, 2.45) is 5.92 Å². The lowest BCUT2D eigenvalue weighted by molar-refractivity contribution is -0.118. The summed E-state index contributed by atoms with van der Waals surface area (Å²) in [6, 6.07) is 6.51. The van der Waals surface area contributed by atoms with Crippen molar-refractivity contribution in [2.45, 2.75) is 32.6 Å². The number of hydrogen-bond acceptors (Lipinski definition) is 2. The Morgan fingerprint density at radius 1 is 1.44 bits per heavy atom. The molecule has 1 unspecified atom stereocenters. The Bertz CT molecular complexity index is 346. The molecule has 0 aromatic carbocycles. The van der Waals surface area contributed by atoms with Gasteiger partial charge in [0.05, 0.1) is 0 Å². The highest BCUT2D eigenvalue weighted by atomic mass is 28.3. The van der Waals surface area contributed by atoms with Crippen LogP contribution >= 0.6 is 0 Å². The van der Waals surface area contributed by atoms with E-state index in [1.165, 1.54) is 0 Å². The third kappa shape index (κ3) is 4.57. The van der Waals surface area contributed by atoms with Crippen molar-refractivity contribution in [1.29, 1.82) is 0 Å². The molecule has 0 spiro atoms. The molecule has 0 bridgehead atoms. The highest BCUT2D eigenvalue weighted by molar-refractivity contribution is 6.76. The maximum absolute atomic E-state index is 11.9. The van der Waals surface area contributed by atoms with E-state index in [2.05, 4.69) is 29.9 Å². The minimum Gasteiger partial charge on any atom is -0.310 e. The van der Waals surface area contributed by atoms with Gasteiger partial charge < -0.3 is 5.32 Å². The normalized spacial score (nSPS) is 13.2. The van der Waals surface area contributed by atoms with Crippen LogP contribution in [0.5, 0.6) is 0 Å². The molecule has 1 atom stereocenters. The van der Waals surface area contributed by atoms with Crippen LogP contribution < -0.4 is 5.32 Å². The third-order valence-corrected chi connectivity index (χ3v) is 4.12. The van der Waals surface area contributed by atoms with Crippen molar-refractivity contribution in [1.82, 2.24) is 4.98 Å². The smallest absolute Gasteiger partial charge is 0.228 e. The molecule has 1 aromatic rings. The fourth-order valence-corrected chi connectivity index (χ4v) is 3.72. The van der Waals surface area contributed by atoms with E-state index >= 15 is 0 Å². The highest BCUT2D eigenvalue weighted by Crippen LogP contribution is 2.17. The number of amides is 1. The fourth-order valence-electron chi connectivity index (χ4n) is 1.70. The Kier molecular flexibility index (Phi) is 4.24. The zero-order valence-corrected chi connectivity index (χ0v) is 11.4. The fraction of sp³-hybridized carbons (Fsp3) is 0.500. The van der Waals surface area contributed by atoms with E-state index in [1.54, 1.807) is 12.3 Å².